The van der Waals surface area contributed by atoms with Gasteiger partial charge in [0, 0.05) is 12.7 Å². The molecule has 2 aromatic rings. The van der Waals surface area contributed by atoms with Gasteiger partial charge < -0.3 is 4.74 Å². The van der Waals surface area contributed by atoms with Gasteiger partial charge in [0.15, 0.2) is 0 Å². The second-order valence-corrected chi connectivity index (χ2v) is 4.68. The molecule has 2 aromatic carbocycles. The second kappa shape index (κ2) is 7.50. The Morgan fingerprint density at radius 3 is 2.52 bits per heavy atom. The third kappa shape index (κ3) is 4.65. The van der Waals surface area contributed by atoms with E-state index in [1.54, 1.807) is 0 Å². The maximum atomic E-state index is 13.4. The van der Waals surface area contributed by atoms with Gasteiger partial charge in [-0.25, -0.2) is 0 Å². The highest BCUT2D eigenvalue weighted by atomic mass is 19.1. The molecular formula is C16H16FNO3. The van der Waals surface area contributed by atoms with Crippen LogP contribution >= 0.6 is 0 Å². The van der Waals surface area contributed by atoms with Crippen LogP contribution in [0, 0.1) is 15.9 Å². The van der Waals surface area contributed by atoms with Gasteiger partial charge in [-0.15, -0.1) is 0 Å². The first-order valence-corrected chi connectivity index (χ1v) is 6.71. The molecular weight excluding hydrogens is 273 g/mol. The van der Waals surface area contributed by atoms with Crippen molar-refractivity contribution >= 4 is 5.69 Å². The third-order valence-electron chi connectivity index (χ3n) is 3.07. The number of aryl methyl sites for hydroxylation is 1. The second-order valence-electron chi connectivity index (χ2n) is 4.68. The highest BCUT2D eigenvalue weighted by Gasteiger charge is 2.13. The highest BCUT2D eigenvalue weighted by Crippen LogP contribution is 2.18. The lowest BCUT2D eigenvalue weighted by molar-refractivity contribution is -0.387. The molecule has 0 heterocycles. The maximum absolute atomic E-state index is 13.4. The van der Waals surface area contributed by atoms with Crippen molar-refractivity contribution in [1.82, 2.24) is 0 Å². The van der Waals surface area contributed by atoms with Gasteiger partial charge in [0.2, 0.25) is 5.82 Å². The van der Waals surface area contributed by atoms with Gasteiger partial charge in [0.05, 0.1) is 11.5 Å². The van der Waals surface area contributed by atoms with Gasteiger partial charge in [-0.3, -0.25) is 10.1 Å². The van der Waals surface area contributed by atoms with Crippen LogP contribution in [0.5, 0.6) is 0 Å². The van der Waals surface area contributed by atoms with E-state index in [2.05, 4.69) is 12.1 Å². The van der Waals surface area contributed by atoms with Crippen molar-refractivity contribution in [2.24, 2.45) is 0 Å². The van der Waals surface area contributed by atoms with Crippen LogP contribution in [0.15, 0.2) is 48.5 Å². The van der Waals surface area contributed by atoms with Gasteiger partial charge in [-0.05, 0) is 36.1 Å². The van der Waals surface area contributed by atoms with Crippen LogP contribution in [0.4, 0.5) is 10.1 Å². The zero-order chi connectivity index (χ0) is 15.1. The van der Waals surface area contributed by atoms with Crippen molar-refractivity contribution in [2.45, 2.75) is 19.4 Å². The average molecular weight is 289 g/mol. The lowest BCUT2D eigenvalue weighted by Gasteiger charge is -2.05. The minimum absolute atomic E-state index is 0.254. The topological polar surface area (TPSA) is 52.4 Å². The summed E-state index contributed by atoms with van der Waals surface area (Å²) in [5.41, 5.74) is 1.34. The zero-order valence-electron chi connectivity index (χ0n) is 11.5. The number of ether oxygens (including phenoxy) is 1. The Morgan fingerprint density at radius 1 is 1.10 bits per heavy atom. The van der Waals surface area contributed by atoms with Crippen LogP contribution in [-0.4, -0.2) is 11.5 Å². The molecule has 0 aromatic heterocycles. The molecule has 0 saturated heterocycles. The molecule has 110 valence electrons. The predicted octanol–water partition coefficient (Wildman–Crippen LogP) is 3.88. The van der Waals surface area contributed by atoms with Gasteiger partial charge in [0.1, 0.15) is 0 Å². The van der Waals surface area contributed by atoms with Crippen molar-refractivity contribution in [3.8, 4) is 0 Å². The molecule has 0 atom stereocenters. The molecule has 0 amide bonds. The van der Waals surface area contributed by atoms with Crippen molar-refractivity contribution < 1.29 is 14.1 Å². The molecule has 0 aliphatic carbocycles. The van der Waals surface area contributed by atoms with Crippen molar-refractivity contribution in [1.29, 1.82) is 0 Å². The number of halogens is 1. The summed E-state index contributed by atoms with van der Waals surface area (Å²) < 4.78 is 18.9. The van der Waals surface area contributed by atoms with Gasteiger partial charge >= 0.3 is 5.69 Å². The number of nitro groups is 1. The summed E-state index contributed by atoms with van der Waals surface area (Å²) in [6.45, 7) is 0.817. The van der Waals surface area contributed by atoms with Crippen molar-refractivity contribution in [3.63, 3.8) is 0 Å². The Balaban J connectivity index is 1.74. The van der Waals surface area contributed by atoms with Gasteiger partial charge in [0.25, 0.3) is 0 Å². The number of nitro benzene ring substituents is 1. The maximum Gasteiger partial charge on any atom is 0.304 e. The minimum atomic E-state index is -0.828. The summed E-state index contributed by atoms with van der Waals surface area (Å²) in [4.78, 5) is 9.77. The summed E-state index contributed by atoms with van der Waals surface area (Å²) in [5.74, 6) is -0.828. The van der Waals surface area contributed by atoms with Crippen LogP contribution in [0.2, 0.25) is 0 Å². The molecule has 2 rings (SSSR count). The monoisotopic (exact) mass is 289 g/mol. The molecule has 21 heavy (non-hydrogen) atoms. The number of hydrogen-bond acceptors (Lipinski definition) is 3. The lowest BCUT2D eigenvalue weighted by atomic mass is 10.1. The number of rotatable bonds is 7. The molecule has 0 radical (unpaired) electrons. The fourth-order valence-electron chi connectivity index (χ4n) is 2.00. The first-order chi connectivity index (χ1) is 10.2. The van der Waals surface area contributed by atoms with Crippen LogP contribution < -0.4 is 0 Å². The van der Waals surface area contributed by atoms with Gasteiger partial charge in [-0.1, -0.05) is 30.3 Å². The summed E-state index contributed by atoms with van der Waals surface area (Å²) in [5, 5.41) is 10.5. The standard InChI is InChI=1S/C16H16FNO3/c17-15-11-14(8-9-16(15)18(19)20)12-21-10-4-7-13-5-2-1-3-6-13/h1-3,5-6,8-9,11H,4,7,10,12H2. The van der Waals surface area contributed by atoms with Crippen LogP contribution in [-0.2, 0) is 17.8 Å². The SMILES string of the molecule is O=[N+]([O-])c1ccc(COCCCc2ccccc2)cc1F. The average Bonchev–Trinajstić information content (AvgIpc) is 2.47. The Morgan fingerprint density at radius 2 is 1.86 bits per heavy atom. The van der Waals surface area contributed by atoms with E-state index in [-0.39, 0.29) is 6.61 Å². The van der Waals surface area contributed by atoms with E-state index in [1.807, 2.05) is 18.2 Å². The number of hydrogen-bond donors (Lipinski definition) is 0. The zero-order valence-corrected chi connectivity index (χ0v) is 11.5. The lowest BCUT2D eigenvalue weighted by Crippen LogP contribution is -1.99. The molecule has 4 nitrogen and oxygen atoms in total. The van der Waals surface area contributed by atoms with Crippen LogP contribution in [0.25, 0.3) is 0 Å². The van der Waals surface area contributed by atoms with E-state index in [4.69, 9.17) is 4.74 Å². The summed E-state index contributed by atoms with van der Waals surface area (Å²) >= 11 is 0. The molecule has 0 spiro atoms. The van der Waals surface area contributed by atoms with Gasteiger partial charge in [-0.2, -0.15) is 4.39 Å². The fourth-order valence-corrected chi connectivity index (χ4v) is 2.00. The molecule has 0 bridgehead atoms. The predicted molar refractivity (Wildman–Crippen MR) is 77.5 cm³/mol. The third-order valence-corrected chi connectivity index (χ3v) is 3.07. The molecule has 0 fully saturated rings. The highest BCUT2D eigenvalue weighted by molar-refractivity contribution is 5.34. The molecule has 0 N–H and O–H groups in total. The Labute approximate surface area is 122 Å². The quantitative estimate of drug-likeness (QED) is 0.441. The number of nitrogens with zero attached hydrogens (tertiary/aromatic N) is 1. The van der Waals surface area contributed by atoms with E-state index in [9.17, 15) is 14.5 Å². The van der Waals surface area contributed by atoms with Crippen molar-refractivity contribution in [3.05, 3.63) is 75.6 Å². The fraction of sp³-hybridized carbons (Fsp3) is 0.250. The van der Waals surface area contributed by atoms with E-state index < -0.39 is 16.4 Å². The Kier molecular flexibility index (Phi) is 5.40. The first kappa shape index (κ1) is 15.1. The molecule has 0 aliphatic heterocycles. The van der Waals surface area contributed by atoms with E-state index in [0.29, 0.717) is 12.2 Å². The molecule has 0 aliphatic rings. The number of benzene rings is 2. The van der Waals surface area contributed by atoms with Crippen molar-refractivity contribution in [2.75, 3.05) is 6.61 Å². The van der Waals surface area contributed by atoms with Crippen LogP contribution in [0.1, 0.15) is 17.5 Å². The summed E-state index contributed by atoms with van der Waals surface area (Å²) in [6.07, 6.45) is 1.80. The minimum Gasteiger partial charge on any atom is -0.377 e. The first-order valence-electron chi connectivity index (χ1n) is 6.71. The summed E-state index contributed by atoms with van der Waals surface area (Å²) in [6, 6.07) is 13.9. The smallest absolute Gasteiger partial charge is 0.304 e. The normalized spacial score (nSPS) is 10.5. The Bertz CT molecular complexity index is 602. The van der Waals surface area contributed by atoms with E-state index >= 15 is 0 Å². The molecule has 5 heteroatoms. The van der Waals surface area contributed by atoms with E-state index in [1.165, 1.54) is 11.6 Å². The largest absolute Gasteiger partial charge is 0.377 e. The molecule has 0 saturated carbocycles. The Hall–Kier alpha value is -2.27. The molecule has 0 unspecified atom stereocenters. The summed E-state index contributed by atoms with van der Waals surface area (Å²) in [7, 11) is 0. The van der Waals surface area contributed by atoms with Crippen LogP contribution in [0.3, 0.4) is 0 Å². The van der Waals surface area contributed by atoms with E-state index in [0.717, 1.165) is 25.0 Å².